The summed E-state index contributed by atoms with van der Waals surface area (Å²) in [5, 5.41) is 3.39. The van der Waals surface area contributed by atoms with Gasteiger partial charge in [-0.3, -0.25) is 14.6 Å². The molecule has 3 aromatic rings. The Morgan fingerprint density at radius 3 is 2.75 bits per heavy atom. The van der Waals surface area contributed by atoms with Crippen molar-refractivity contribution in [3.05, 3.63) is 64.8 Å². The predicted molar refractivity (Wildman–Crippen MR) is 120 cm³/mol. The first-order chi connectivity index (χ1) is 15.5. The van der Waals surface area contributed by atoms with E-state index in [1.54, 1.807) is 12.1 Å². The number of anilines is 1. The van der Waals surface area contributed by atoms with Crippen molar-refractivity contribution < 1.29 is 23.9 Å². The molecule has 1 aliphatic heterocycles. The molecule has 0 atom stereocenters. The molecule has 1 N–H and O–H groups in total. The lowest BCUT2D eigenvalue weighted by Crippen LogP contribution is -2.25. The summed E-state index contributed by atoms with van der Waals surface area (Å²) in [6.45, 7) is 3.59. The van der Waals surface area contributed by atoms with Gasteiger partial charge in [0, 0.05) is 16.6 Å². The Morgan fingerprint density at radius 2 is 1.97 bits per heavy atom. The highest BCUT2D eigenvalue weighted by atomic mass is 16.5. The maximum absolute atomic E-state index is 13.1. The van der Waals surface area contributed by atoms with Crippen molar-refractivity contribution in [3.8, 4) is 5.75 Å². The Hall–Kier alpha value is -3.74. The third-order valence-corrected chi connectivity index (χ3v) is 5.39. The smallest absolute Gasteiger partial charge is 0.339 e. The van der Waals surface area contributed by atoms with Crippen LogP contribution in [0.4, 0.5) is 5.69 Å². The zero-order chi connectivity index (χ0) is 22.7. The number of pyridine rings is 1. The second kappa shape index (κ2) is 9.18. The van der Waals surface area contributed by atoms with E-state index in [1.807, 2.05) is 31.2 Å². The summed E-state index contributed by atoms with van der Waals surface area (Å²) in [5.74, 6) is -0.697. The molecule has 0 saturated carbocycles. The Labute approximate surface area is 185 Å². The highest BCUT2D eigenvalue weighted by molar-refractivity contribution is 6.07. The fraction of sp³-hybridized carbons (Fsp3) is 0.280. The van der Waals surface area contributed by atoms with E-state index >= 15 is 0 Å². The summed E-state index contributed by atoms with van der Waals surface area (Å²) >= 11 is 0. The monoisotopic (exact) mass is 432 g/mol. The van der Waals surface area contributed by atoms with Crippen molar-refractivity contribution in [3.63, 3.8) is 0 Å². The van der Waals surface area contributed by atoms with Crippen LogP contribution < -0.4 is 10.1 Å². The molecule has 7 nitrogen and oxygen atoms in total. The van der Waals surface area contributed by atoms with E-state index in [2.05, 4.69) is 12.2 Å². The lowest BCUT2D eigenvalue weighted by molar-refractivity contribution is -0.118. The zero-order valence-electron chi connectivity index (χ0n) is 18.1. The average molecular weight is 432 g/mol. The zero-order valence-corrected chi connectivity index (χ0v) is 18.1. The van der Waals surface area contributed by atoms with E-state index in [0.717, 1.165) is 35.0 Å². The second-order valence-electron chi connectivity index (χ2n) is 7.58. The van der Waals surface area contributed by atoms with Crippen LogP contribution in [0.25, 0.3) is 10.9 Å². The van der Waals surface area contributed by atoms with Gasteiger partial charge in [0.2, 0.25) is 0 Å². The molecule has 1 aliphatic rings. The number of ether oxygens (including phenoxy) is 2. The minimum absolute atomic E-state index is 0.0580. The van der Waals surface area contributed by atoms with Crippen molar-refractivity contribution in [2.45, 2.75) is 33.1 Å². The van der Waals surface area contributed by atoms with Gasteiger partial charge < -0.3 is 14.8 Å². The molecular weight excluding hydrogens is 408 g/mol. The molecule has 0 spiro atoms. The number of nitrogens with one attached hydrogen (secondary N) is 1. The molecule has 1 aromatic heterocycles. The maximum atomic E-state index is 13.1. The number of hydrogen-bond donors (Lipinski definition) is 1. The summed E-state index contributed by atoms with van der Waals surface area (Å²) < 4.78 is 10.8. The number of aromatic nitrogens is 1. The number of ketones is 1. The van der Waals surface area contributed by atoms with Gasteiger partial charge in [0.25, 0.3) is 5.91 Å². The average Bonchev–Trinajstić information content (AvgIpc) is 2.81. The SMILES string of the molecule is CCCc1nc2ccccc2c(C(=O)OCC(=O)c2ccc3c(c2)NC(=O)CO3)c1CC. The van der Waals surface area contributed by atoms with E-state index in [1.165, 1.54) is 6.07 Å². The summed E-state index contributed by atoms with van der Waals surface area (Å²) in [6.07, 6.45) is 2.30. The molecule has 4 rings (SSSR count). The number of carbonyl (C=O) groups is 3. The maximum Gasteiger partial charge on any atom is 0.339 e. The van der Waals surface area contributed by atoms with Gasteiger partial charge in [0.05, 0.1) is 16.8 Å². The summed E-state index contributed by atoms with van der Waals surface area (Å²) in [6, 6.07) is 12.2. The molecule has 0 fully saturated rings. The molecule has 2 heterocycles. The van der Waals surface area contributed by atoms with Crippen LogP contribution in [0.3, 0.4) is 0 Å². The lowest BCUT2D eigenvalue weighted by Gasteiger charge is -2.18. The molecule has 0 radical (unpaired) electrons. The van der Waals surface area contributed by atoms with E-state index in [0.29, 0.717) is 29.0 Å². The van der Waals surface area contributed by atoms with Gasteiger partial charge in [-0.2, -0.15) is 0 Å². The Balaban J connectivity index is 1.59. The largest absolute Gasteiger partial charge is 0.482 e. The van der Waals surface area contributed by atoms with E-state index in [9.17, 15) is 14.4 Å². The number of para-hydroxylation sites is 1. The summed E-state index contributed by atoms with van der Waals surface area (Å²) in [4.78, 5) is 42.1. The quantitative estimate of drug-likeness (QED) is 0.446. The first-order valence-electron chi connectivity index (χ1n) is 10.7. The van der Waals surface area contributed by atoms with Crippen LogP contribution in [0.5, 0.6) is 5.75 Å². The topological polar surface area (TPSA) is 94.6 Å². The third-order valence-electron chi connectivity index (χ3n) is 5.39. The third kappa shape index (κ3) is 4.19. The number of carbonyl (C=O) groups excluding carboxylic acids is 3. The second-order valence-corrected chi connectivity index (χ2v) is 7.58. The summed E-state index contributed by atoms with van der Waals surface area (Å²) in [7, 11) is 0. The fourth-order valence-electron chi connectivity index (χ4n) is 3.90. The van der Waals surface area contributed by atoms with Crippen molar-refractivity contribution in [1.82, 2.24) is 4.98 Å². The lowest BCUT2D eigenvalue weighted by atomic mass is 9.96. The van der Waals surface area contributed by atoms with Crippen LogP contribution in [-0.2, 0) is 22.4 Å². The highest BCUT2D eigenvalue weighted by Crippen LogP contribution is 2.29. The number of aryl methyl sites for hydroxylation is 1. The summed E-state index contributed by atoms with van der Waals surface area (Å²) in [5.41, 5.74) is 3.70. The van der Waals surface area contributed by atoms with Gasteiger partial charge in [-0.25, -0.2) is 4.79 Å². The number of hydrogen-bond acceptors (Lipinski definition) is 6. The van der Waals surface area contributed by atoms with Gasteiger partial charge in [0.1, 0.15) is 5.75 Å². The number of Topliss-reactive ketones (excluding diaryl/α,β-unsaturated/α-hetero) is 1. The van der Waals surface area contributed by atoms with Crippen molar-refractivity contribution in [2.24, 2.45) is 0 Å². The van der Waals surface area contributed by atoms with Crippen LogP contribution in [0.1, 0.15) is 52.2 Å². The highest BCUT2D eigenvalue weighted by Gasteiger charge is 2.22. The van der Waals surface area contributed by atoms with Crippen LogP contribution in [0.15, 0.2) is 42.5 Å². The molecule has 7 heteroatoms. The number of rotatable bonds is 7. The Morgan fingerprint density at radius 1 is 1.16 bits per heavy atom. The Kier molecular flexibility index (Phi) is 6.16. The predicted octanol–water partition coefficient (Wildman–Crippen LogP) is 4.12. The first kappa shape index (κ1) is 21.5. The molecule has 2 aromatic carbocycles. The van der Waals surface area contributed by atoms with Crippen molar-refractivity contribution in [2.75, 3.05) is 18.5 Å². The van der Waals surface area contributed by atoms with E-state index < -0.39 is 12.6 Å². The number of fused-ring (bicyclic) bond motifs is 2. The molecule has 32 heavy (non-hydrogen) atoms. The minimum atomic E-state index is -0.541. The number of nitrogens with zero attached hydrogens (tertiary/aromatic N) is 1. The van der Waals surface area contributed by atoms with Gasteiger partial charge >= 0.3 is 5.97 Å². The normalized spacial score (nSPS) is 12.6. The molecule has 164 valence electrons. The molecule has 1 amide bonds. The standard InChI is InChI=1S/C25H24N2O5/c1-3-7-18-16(4-2)24(17-8-5-6-9-19(17)26-18)25(30)32-13-21(28)15-10-11-22-20(12-15)27-23(29)14-31-22/h5-6,8-12H,3-4,7,13-14H2,1-2H3,(H,27,29). The van der Waals surface area contributed by atoms with Gasteiger partial charge in [-0.05, 0) is 42.7 Å². The fourth-order valence-corrected chi connectivity index (χ4v) is 3.90. The van der Waals surface area contributed by atoms with Gasteiger partial charge in [0.15, 0.2) is 19.0 Å². The van der Waals surface area contributed by atoms with E-state index in [4.69, 9.17) is 14.5 Å². The van der Waals surface area contributed by atoms with Crippen molar-refractivity contribution in [1.29, 1.82) is 0 Å². The van der Waals surface area contributed by atoms with Crippen LogP contribution in [0, 0.1) is 0 Å². The first-order valence-corrected chi connectivity index (χ1v) is 10.7. The minimum Gasteiger partial charge on any atom is -0.482 e. The number of amides is 1. The molecule has 0 unspecified atom stereocenters. The molecular formula is C25H24N2O5. The van der Waals surface area contributed by atoms with Crippen molar-refractivity contribution >= 4 is 34.3 Å². The number of esters is 1. The van der Waals surface area contributed by atoms with E-state index in [-0.39, 0.29) is 18.3 Å². The van der Waals surface area contributed by atoms with Gasteiger partial charge in [-0.15, -0.1) is 0 Å². The van der Waals surface area contributed by atoms with Crippen LogP contribution in [-0.4, -0.2) is 35.9 Å². The molecule has 0 aliphatic carbocycles. The molecule has 0 bridgehead atoms. The Bertz CT molecular complexity index is 1220. The van der Waals surface area contributed by atoms with Crippen LogP contribution in [0.2, 0.25) is 0 Å². The van der Waals surface area contributed by atoms with Gasteiger partial charge in [-0.1, -0.05) is 38.5 Å². The number of benzene rings is 2. The molecule has 0 saturated heterocycles. The van der Waals surface area contributed by atoms with Crippen LogP contribution >= 0.6 is 0 Å².